The Morgan fingerprint density at radius 2 is 1.77 bits per heavy atom. The lowest BCUT2D eigenvalue weighted by atomic mass is 10.0. The van der Waals surface area contributed by atoms with Gasteiger partial charge in [-0.15, -0.1) is 0 Å². The zero-order valence-corrected chi connectivity index (χ0v) is 17.0. The molecule has 9 heteroatoms. The van der Waals surface area contributed by atoms with E-state index >= 15 is 0 Å². The lowest BCUT2D eigenvalue weighted by molar-refractivity contribution is -0.142. The van der Waals surface area contributed by atoms with Gasteiger partial charge in [-0.05, 0) is 42.7 Å². The van der Waals surface area contributed by atoms with Crippen molar-refractivity contribution in [3.8, 4) is 0 Å². The number of benzene rings is 2. The molecule has 2 aromatic carbocycles. The summed E-state index contributed by atoms with van der Waals surface area (Å²) < 4.78 is 40.3. The van der Waals surface area contributed by atoms with Gasteiger partial charge in [0.25, 0.3) is 0 Å². The molecule has 0 spiro atoms. The third-order valence-electron chi connectivity index (χ3n) is 5.07. The fourth-order valence-electron chi connectivity index (χ4n) is 3.51. The van der Waals surface area contributed by atoms with Gasteiger partial charge in [-0.1, -0.05) is 36.8 Å². The number of halogens is 1. The summed E-state index contributed by atoms with van der Waals surface area (Å²) in [4.78, 5) is 24.5. The summed E-state index contributed by atoms with van der Waals surface area (Å²) in [6.45, 7) is 0.133. The number of amides is 1. The average Bonchev–Trinajstić information content (AvgIpc) is 2.74. The van der Waals surface area contributed by atoms with Crippen LogP contribution < -0.4 is 5.32 Å². The molecule has 1 aliphatic heterocycles. The van der Waals surface area contributed by atoms with E-state index in [9.17, 15) is 27.5 Å². The molecule has 0 aliphatic carbocycles. The van der Waals surface area contributed by atoms with E-state index < -0.39 is 39.8 Å². The van der Waals surface area contributed by atoms with Crippen LogP contribution in [0.15, 0.2) is 59.5 Å². The normalized spacial score (nSPS) is 18.5. The predicted molar refractivity (Wildman–Crippen MR) is 108 cm³/mol. The Hall–Kier alpha value is -2.78. The van der Waals surface area contributed by atoms with Gasteiger partial charge in [0.05, 0.1) is 4.90 Å². The van der Waals surface area contributed by atoms with Crippen molar-refractivity contribution in [1.82, 2.24) is 9.62 Å². The minimum absolute atomic E-state index is 0.0827. The first-order chi connectivity index (χ1) is 14.3. The number of nitrogens with one attached hydrogen (secondary N) is 1. The maximum atomic E-state index is 13.2. The Morgan fingerprint density at radius 3 is 2.40 bits per heavy atom. The molecule has 2 N–H and O–H groups in total. The lowest BCUT2D eigenvalue weighted by Crippen LogP contribution is -2.55. The second kappa shape index (κ2) is 9.36. The SMILES string of the molecule is O=C(O)[C@H](Cc1ccccc1)NC(=O)[C@H]1CCCCN1S(=O)(=O)c1ccc(F)cc1. The van der Waals surface area contributed by atoms with Crippen LogP contribution >= 0.6 is 0 Å². The maximum Gasteiger partial charge on any atom is 0.326 e. The molecular weight excluding hydrogens is 411 g/mol. The molecule has 2 atom stereocenters. The molecule has 7 nitrogen and oxygen atoms in total. The van der Waals surface area contributed by atoms with E-state index in [1.54, 1.807) is 30.3 Å². The average molecular weight is 434 g/mol. The van der Waals surface area contributed by atoms with Gasteiger partial charge < -0.3 is 10.4 Å². The Kier molecular flexibility index (Phi) is 6.84. The fraction of sp³-hybridized carbons (Fsp3) is 0.333. The van der Waals surface area contributed by atoms with Crippen molar-refractivity contribution in [2.75, 3.05) is 6.54 Å². The Morgan fingerprint density at radius 1 is 1.10 bits per heavy atom. The number of carboxylic acids is 1. The number of nitrogens with zero attached hydrogens (tertiary/aromatic N) is 1. The number of hydrogen-bond donors (Lipinski definition) is 2. The second-order valence-corrected chi connectivity index (χ2v) is 9.06. The van der Waals surface area contributed by atoms with Gasteiger partial charge in [-0.3, -0.25) is 4.79 Å². The topological polar surface area (TPSA) is 104 Å². The summed E-state index contributed by atoms with van der Waals surface area (Å²) in [5.41, 5.74) is 0.740. The van der Waals surface area contributed by atoms with E-state index in [2.05, 4.69) is 5.32 Å². The number of carboxylic acid groups (broad SMARTS) is 1. The van der Waals surface area contributed by atoms with E-state index in [-0.39, 0.29) is 24.3 Å². The van der Waals surface area contributed by atoms with Gasteiger partial charge >= 0.3 is 5.97 Å². The summed E-state index contributed by atoms with van der Waals surface area (Å²) in [6, 6.07) is 11.1. The quantitative estimate of drug-likeness (QED) is 0.695. The zero-order valence-electron chi connectivity index (χ0n) is 16.2. The van der Waals surface area contributed by atoms with Crippen LogP contribution in [-0.4, -0.2) is 48.3 Å². The van der Waals surface area contributed by atoms with Gasteiger partial charge in [0, 0.05) is 13.0 Å². The van der Waals surface area contributed by atoms with Crippen molar-refractivity contribution in [2.24, 2.45) is 0 Å². The highest BCUT2D eigenvalue weighted by Crippen LogP contribution is 2.26. The smallest absolute Gasteiger partial charge is 0.326 e. The highest BCUT2D eigenvalue weighted by Gasteiger charge is 2.38. The summed E-state index contributed by atoms with van der Waals surface area (Å²) in [5.74, 6) is -2.41. The van der Waals surface area contributed by atoms with Crippen LogP contribution in [0.5, 0.6) is 0 Å². The highest BCUT2D eigenvalue weighted by molar-refractivity contribution is 7.89. The Labute approximate surface area is 174 Å². The van der Waals surface area contributed by atoms with Crippen molar-refractivity contribution in [3.63, 3.8) is 0 Å². The molecule has 1 aliphatic rings. The molecule has 1 fully saturated rings. The molecular formula is C21H23FN2O5S. The van der Waals surface area contributed by atoms with Crippen molar-refractivity contribution in [2.45, 2.75) is 42.7 Å². The fourth-order valence-corrected chi connectivity index (χ4v) is 5.17. The first-order valence-corrected chi connectivity index (χ1v) is 11.1. The summed E-state index contributed by atoms with van der Waals surface area (Å²) in [6.07, 6.45) is 1.59. The van der Waals surface area contributed by atoms with E-state index in [4.69, 9.17) is 0 Å². The van der Waals surface area contributed by atoms with E-state index in [1.807, 2.05) is 0 Å². The summed E-state index contributed by atoms with van der Waals surface area (Å²) in [7, 11) is -4.03. The summed E-state index contributed by atoms with van der Waals surface area (Å²) in [5, 5.41) is 12.0. The third kappa shape index (κ3) is 5.03. The molecule has 2 aromatic rings. The molecule has 0 bridgehead atoms. The Bertz CT molecular complexity index is 996. The first kappa shape index (κ1) is 21.9. The minimum Gasteiger partial charge on any atom is -0.480 e. The van der Waals surface area contributed by atoms with Crippen LogP contribution in [0, 0.1) is 5.82 Å². The molecule has 30 heavy (non-hydrogen) atoms. The molecule has 0 unspecified atom stereocenters. The lowest BCUT2D eigenvalue weighted by Gasteiger charge is -2.34. The number of hydrogen-bond acceptors (Lipinski definition) is 4. The number of piperidine rings is 1. The van der Waals surface area contributed by atoms with Crippen LogP contribution in [-0.2, 0) is 26.0 Å². The van der Waals surface area contributed by atoms with Crippen molar-refractivity contribution in [1.29, 1.82) is 0 Å². The molecule has 3 rings (SSSR count). The van der Waals surface area contributed by atoms with Crippen LogP contribution in [0.2, 0.25) is 0 Å². The second-order valence-electron chi connectivity index (χ2n) is 7.17. The molecule has 1 saturated heterocycles. The Balaban J connectivity index is 1.79. The first-order valence-electron chi connectivity index (χ1n) is 9.63. The number of sulfonamides is 1. The van der Waals surface area contributed by atoms with Gasteiger partial charge in [-0.25, -0.2) is 17.6 Å². The number of carbonyl (C=O) groups excluding carboxylic acids is 1. The summed E-state index contributed by atoms with van der Waals surface area (Å²) >= 11 is 0. The molecule has 0 aromatic heterocycles. The molecule has 0 saturated carbocycles. The molecule has 1 heterocycles. The van der Waals surface area contributed by atoms with E-state index in [0.29, 0.717) is 12.8 Å². The van der Waals surface area contributed by atoms with Crippen molar-refractivity contribution in [3.05, 3.63) is 66.0 Å². The van der Waals surface area contributed by atoms with Gasteiger partial charge in [0.15, 0.2) is 0 Å². The van der Waals surface area contributed by atoms with Crippen LogP contribution in [0.4, 0.5) is 4.39 Å². The number of aliphatic carboxylic acids is 1. The highest BCUT2D eigenvalue weighted by atomic mass is 32.2. The molecule has 0 radical (unpaired) electrons. The molecule has 1 amide bonds. The molecule has 160 valence electrons. The largest absolute Gasteiger partial charge is 0.480 e. The number of carbonyl (C=O) groups is 2. The van der Waals surface area contributed by atoms with Crippen LogP contribution in [0.1, 0.15) is 24.8 Å². The van der Waals surface area contributed by atoms with E-state index in [1.165, 1.54) is 0 Å². The predicted octanol–water partition coefficient (Wildman–Crippen LogP) is 2.18. The maximum absolute atomic E-state index is 13.2. The zero-order chi connectivity index (χ0) is 21.7. The van der Waals surface area contributed by atoms with Crippen LogP contribution in [0.3, 0.4) is 0 Å². The third-order valence-corrected chi connectivity index (χ3v) is 7.00. The van der Waals surface area contributed by atoms with Gasteiger partial charge in [0.2, 0.25) is 15.9 Å². The van der Waals surface area contributed by atoms with Crippen LogP contribution in [0.25, 0.3) is 0 Å². The van der Waals surface area contributed by atoms with E-state index in [0.717, 1.165) is 34.1 Å². The van der Waals surface area contributed by atoms with Crippen molar-refractivity contribution >= 4 is 21.9 Å². The minimum atomic E-state index is -4.03. The van der Waals surface area contributed by atoms with Gasteiger partial charge in [-0.2, -0.15) is 4.31 Å². The van der Waals surface area contributed by atoms with Gasteiger partial charge in [0.1, 0.15) is 17.9 Å². The van der Waals surface area contributed by atoms with Crippen molar-refractivity contribution < 1.29 is 27.5 Å². The monoisotopic (exact) mass is 434 g/mol. The standard InChI is InChI=1S/C21H23FN2O5S/c22-16-9-11-17(12-10-16)30(28,29)24-13-5-4-8-19(24)20(25)23-18(21(26)27)14-15-6-2-1-3-7-15/h1-3,6-7,9-12,18-19H,4-5,8,13-14H2,(H,23,25)(H,26,27)/t18-,19+/m0/s1. The number of rotatable bonds is 7.